The molecule has 0 saturated heterocycles. The Morgan fingerprint density at radius 2 is 1.83 bits per heavy atom. The molecule has 0 fully saturated rings. The average Bonchev–Trinajstić information content (AvgIpc) is 3.17. The van der Waals surface area contributed by atoms with E-state index >= 15 is 0 Å². The monoisotopic (exact) mass is 457 g/mol. The number of amides is 1. The first kappa shape index (κ1) is 20.7. The normalized spacial score (nSPS) is 11.7. The fourth-order valence-corrected chi connectivity index (χ4v) is 2.74. The van der Waals surface area contributed by atoms with E-state index in [0.29, 0.717) is 17.4 Å². The van der Waals surface area contributed by atoms with Crippen molar-refractivity contribution in [2.24, 2.45) is 0 Å². The van der Waals surface area contributed by atoms with E-state index in [2.05, 4.69) is 31.4 Å². The van der Waals surface area contributed by atoms with Gasteiger partial charge in [0.1, 0.15) is 0 Å². The zero-order chi connectivity index (χ0) is 20.8. The van der Waals surface area contributed by atoms with Gasteiger partial charge in [-0.15, -0.1) is 0 Å². The lowest BCUT2D eigenvalue weighted by Crippen LogP contribution is -2.30. The Hall–Kier alpha value is -3.00. The molecule has 1 aromatic heterocycles. The van der Waals surface area contributed by atoms with Crippen LogP contribution in [-0.2, 0) is 20.7 Å². The molecule has 0 aliphatic rings. The van der Waals surface area contributed by atoms with Gasteiger partial charge in [-0.3, -0.25) is 9.59 Å². The van der Waals surface area contributed by atoms with E-state index in [1.54, 1.807) is 12.1 Å². The summed E-state index contributed by atoms with van der Waals surface area (Å²) in [6, 6.07) is 14.8. The van der Waals surface area contributed by atoms with Crippen molar-refractivity contribution < 1.29 is 18.8 Å². The number of aryl methyl sites for hydroxylation is 2. The highest BCUT2D eigenvalue weighted by atomic mass is 79.9. The Balaban J connectivity index is 1.47. The third kappa shape index (κ3) is 5.99. The van der Waals surface area contributed by atoms with E-state index in [4.69, 9.17) is 9.26 Å². The quantitative estimate of drug-likeness (QED) is 0.531. The van der Waals surface area contributed by atoms with Gasteiger partial charge in [0, 0.05) is 22.1 Å². The summed E-state index contributed by atoms with van der Waals surface area (Å²) >= 11 is 3.33. The first-order valence-corrected chi connectivity index (χ1v) is 9.85. The third-order valence-corrected chi connectivity index (χ3v) is 4.64. The number of carbonyl (C=O) groups excluding carboxylic acids is 2. The summed E-state index contributed by atoms with van der Waals surface area (Å²) in [5.74, 6) is -0.112. The number of hydrogen-bond acceptors (Lipinski definition) is 6. The summed E-state index contributed by atoms with van der Waals surface area (Å²) in [6.45, 7) is 3.52. The fourth-order valence-electron chi connectivity index (χ4n) is 2.47. The van der Waals surface area contributed by atoms with E-state index in [0.717, 1.165) is 15.6 Å². The number of ether oxygens (including phenoxy) is 1. The van der Waals surface area contributed by atoms with E-state index < -0.39 is 18.0 Å². The number of halogens is 1. The highest BCUT2D eigenvalue weighted by Gasteiger charge is 2.19. The summed E-state index contributed by atoms with van der Waals surface area (Å²) in [7, 11) is 0. The Kier molecular flexibility index (Phi) is 6.77. The zero-order valence-corrected chi connectivity index (χ0v) is 17.6. The SMILES string of the molecule is Cc1ccc(-c2noc(CCC(=O)OC(C)C(=O)Nc3ccc(Br)cc3)n2)cc1. The summed E-state index contributed by atoms with van der Waals surface area (Å²) in [5.41, 5.74) is 2.60. The molecular weight excluding hydrogens is 438 g/mol. The minimum absolute atomic E-state index is 0.0332. The molecule has 1 heterocycles. The maximum Gasteiger partial charge on any atom is 0.307 e. The van der Waals surface area contributed by atoms with Crippen LogP contribution in [0.15, 0.2) is 57.5 Å². The van der Waals surface area contributed by atoms with Crippen molar-refractivity contribution in [3.63, 3.8) is 0 Å². The van der Waals surface area contributed by atoms with Crippen molar-refractivity contribution in [3.8, 4) is 11.4 Å². The number of esters is 1. The number of nitrogens with zero attached hydrogens (tertiary/aromatic N) is 2. The molecular formula is C21H20BrN3O4. The number of aromatic nitrogens is 2. The highest BCUT2D eigenvalue weighted by Crippen LogP contribution is 2.17. The van der Waals surface area contributed by atoms with Gasteiger partial charge in [0.25, 0.3) is 5.91 Å². The van der Waals surface area contributed by atoms with Crippen LogP contribution in [0, 0.1) is 6.92 Å². The third-order valence-electron chi connectivity index (χ3n) is 4.11. The molecule has 7 nitrogen and oxygen atoms in total. The number of nitrogens with one attached hydrogen (secondary N) is 1. The topological polar surface area (TPSA) is 94.3 Å². The number of benzene rings is 2. The lowest BCUT2D eigenvalue weighted by atomic mass is 10.1. The van der Waals surface area contributed by atoms with Crippen LogP contribution in [0.1, 0.15) is 24.8 Å². The predicted molar refractivity (Wildman–Crippen MR) is 111 cm³/mol. The minimum Gasteiger partial charge on any atom is -0.453 e. The highest BCUT2D eigenvalue weighted by molar-refractivity contribution is 9.10. The maximum atomic E-state index is 12.2. The Bertz CT molecular complexity index is 984. The standard InChI is InChI=1S/C21H20BrN3O4/c1-13-3-5-15(6-4-13)20-24-18(29-25-20)11-12-19(26)28-14(2)21(27)23-17-9-7-16(22)8-10-17/h3-10,14H,11-12H2,1-2H3,(H,23,27). The van der Waals surface area contributed by atoms with Crippen molar-refractivity contribution in [1.82, 2.24) is 10.1 Å². The van der Waals surface area contributed by atoms with Crippen LogP contribution in [0.3, 0.4) is 0 Å². The average molecular weight is 458 g/mol. The molecule has 1 unspecified atom stereocenters. The van der Waals surface area contributed by atoms with Crippen molar-refractivity contribution in [1.29, 1.82) is 0 Å². The Labute approximate surface area is 176 Å². The van der Waals surface area contributed by atoms with E-state index in [9.17, 15) is 9.59 Å². The molecule has 0 saturated carbocycles. The molecule has 1 amide bonds. The van der Waals surface area contributed by atoms with Crippen molar-refractivity contribution in [3.05, 3.63) is 64.5 Å². The van der Waals surface area contributed by atoms with Crippen LogP contribution in [0.5, 0.6) is 0 Å². The minimum atomic E-state index is -0.919. The Morgan fingerprint density at radius 3 is 2.52 bits per heavy atom. The van der Waals surface area contributed by atoms with Crippen LogP contribution in [0.2, 0.25) is 0 Å². The number of carbonyl (C=O) groups is 2. The summed E-state index contributed by atoms with van der Waals surface area (Å²) in [4.78, 5) is 28.5. The predicted octanol–water partition coefficient (Wildman–Crippen LogP) is 4.31. The van der Waals surface area contributed by atoms with Gasteiger partial charge >= 0.3 is 5.97 Å². The van der Waals surface area contributed by atoms with Crippen LogP contribution in [-0.4, -0.2) is 28.1 Å². The first-order valence-electron chi connectivity index (χ1n) is 9.06. The smallest absolute Gasteiger partial charge is 0.307 e. The first-order chi connectivity index (χ1) is 13.9. The molecule has 0 radical (unpaired) electrons. The van der Waals surface area contributed by atoms with Crippen LogP contribution in [0.25, 0.3) is 11.4 Å². The second kappa shape index (κ2) is 9.47. The molecule has 0 bridgehead atoms. The van der Waals surface area contributed by atoms with Gasteiger partial charge in [0.15, 0.2) is 6.10 Å². The van der Waals surface area contributed by atoms with Gasteiger partial charge in [-0.25, -0.2) is 0 Å². The molecule has 1 atom stereocenters. The molecule has 8 heteroatoms. The number of hydrogen-bond donors (Lipinski definition) is 1. The van der Waals surface area contributed by atoms with Gasteiger partial charge < -0.3 is 14.6 Å². The van der Waals surface area contributed by atoms with Gasteiger partial charge in [-0.2, -0.15) is 4.98 Å². The lowest BCUT2D eigenvalue weighted by molar-refractivity contribution is -0.153. The summed E-state index contributed by atoms with van der Waals surface area (Å²) < 4.78 is 11.3. The van der Waals surface area contributed by atoms with Crippen LogP contribution < -0.4 is 5.32 Å². The largest absolute Gasteiger partial charge is 0.453 e. The Morgan fingerprint density at radius 1 is 1.14 bits per heavy atom. The molecule has 3 rings (SSSR count). The second-order valence-electron chi connectivity index (χ2n) is 6.51. The van der Waals surface area contributed by atoms with E-state index in [1.807, 2.05) is 43.3 Å². The number of anilines is 1. The van der Waals surface area contributed by atoms with Gasteiger partial charge in [0.2, 0.25) is 11.7 Å². The van der Waals surface area contributed by atoms with Crippen molar-refractivity contribution in [2.75, 3.05) is 5.32 Å². The molecule has 0 aliphatic carbocycles. The van der Waals surface area contributed by atoms with Gasteiger partial charge in [-0.05, 0) is 38.1 Å². The molecule has 2 aromatic carbocycles. The van der Waals surface area contributed by atoms with Gasteiger partial charge in [-0.1, -0.05) is 50.9 Å². The summed E-state index contributed by atoms with van der Waals surface area (Å²) in [6.07, 6.45) is -0.651. The van der Waals surface area contributed by atoms with Crippen molar-refractivity contribution >= 4 is 33.5 Å². The molecule has 150 valence electrons. The van der Waals surface area contributed by atoms with Crippen LogP contribution in [0.4, 0.5) is 5.69 Å². The number of rotatable bonds is 7. The molecule has 0 spiro atoms. The van der Waals surface area contributed by atoms with E-state index in [-0.39, 0.29) is 12.8 Å². The maximum absolute atomic E-state index is 12.2. The molecule has 1 N–H and O–H groups in total. The molecule has 29 heavy (non-hydrogen) atoms. The molecule has 0 aliphatic heterocycles. The zero-order valence-electron chi connectivity index (χ0n) is 16.0. The van der Waals surface area contributed by atoms with Gasteiger partial charge in [0.05, 0.1) is 6.42 Å². The van der Waals surface area contributed by atoms with E-state index in [1.165, 1.54) is 6.92 Å². The lowest BCUT2D eigenvalue weighted by Gasteiger charge is -2.13. The summed E-state index contributed by atoms with van der Waals surface area (Å²) in [5, 5.41) is 6.63. The fraction of sp³-hybridized carbons (Fsp3) is 0.238. The van der Waals surface area contributed by atoms with Crippen LogP contribution >= 0.6 is 15.9 Å². The van der Waals surface area contributed by atoms with Crippen molar-refractivity contribution in [2.45, 2.75) is 32.8 Å². The molecule has 3 aromatic rings. The second-order valence-corrected chi connectivity index (χ2v) is 7.42.